The van der Waals surface area contributed by atoms with Crippen molar-refractivity contribution in [1.29, 1.82) is 0 Å². The third kappa shape index (κ3) is 4.08. The van der Waals surface area contributed by atoms with Gasteiger partial charge in [-0.15, -0.1) is 0 Å². The second kappa shape index (κ2) is 8.73. The monoisotopic (exact) mass is 439 g/mol. The van der Waals surface area contributed by atoms with Crippen molar-refractivity contribution in [2.45, 2.75) is 51.0 Å². The van der Waals surface area contributed by atoms with Crippen molar-refractivity contribution in [3.05, 3.63) is 42.2 Å². The Morgan fingerprint density at radius 2 is 2.00 bits per heavy atom. The van der Waals surface area contributed by atoms with E-state index >= 15 is 0 Å². The highest BCUT2D eigenvalue weighted by Gasteiger charge is 2.51. The Kier molecular flexibility index (Phi) is 5.80. The standard InChI is InChI=1S/C24H30FN5O2/c1-2-32-23(31)30-15-24(16-30)6-3-19(12-24)29-9-4-17(5-10-29)20-11-18(25)13-28-22(20)21-14-26-7-8-27-21/h7-8,11,13-14,17,19H,2-6,9-10,12,15-16H2,1H3/t19-/m1/s1. The Bertz CT molecular complexity index is 958. The first kappa shape index (κ1) is 21.2. The van der Waals surface area contributed by atoms with Crippen molar-refractivity contribution >= 4 is 6.09 Å². The Balaban J connectivity index is 1.20. The average molecular weight is 440 g/mol. The van der Waals surface area contributed by atoms with E-state index < -0.39 is 0 Å². The molecule has 1 atom stereocenters. The highest BCUT2D eigenvalue weighted by atomic mass is 19.1. The summed E-state index contributed by atoms with van der Waals surface area (Å²) in [6.45, 7) is 5.94. The molecule has 4 heterocycles. The molecule has 1 saturated carbocycles. The summed E-state index contributed by atoms with van der Waals surface area (Å²) < 4.78 is 19.2. The van der Waals surface area contributed by atoms with Crippen LogP contribution in [0.1, 0.15) is 50.5 Å². The Labute approximate surface area is 188 Å². The fourth-order valence-electron chi connectivity index (χ4n) is 5.86. The van der Waals surface area contributed by atoms with Crippen LogP contribution in [0.25, 0.3) is 11.4 Å². The Morgan fingerprint density at radius 3 is 2.72 bits per heavy atom. The number of likely N-dealkylation sites (tertiary alicyclic amines) is 2. The number of carbonyl (C=O) groups is 1. The molecular weight excluding hydrogens is 409 g/mol. The predicted octanol–water partition coefficient (Wildman–Crippen LogP) is 3.87. The molecule has 8 heteroatoms. The highest BCUT2D eigenvalue weighted by Crippen LogP contribution is 2.48. The van der Waals surface area contributed by atoms with Gasteiger partial charge in [-0.2, -0.15) is 0 Å². The molecule has 0 unspecified atom stereocenters. The zero-order valence-electron chi connectivity index (χ0n) is 18.5. The minimum Gasteiger partial charge on any atom is -0.450 e. The van der Waals surface area contributed by atoms with Gasteiger partial charge in [-0.25, -0.2) is 9.18 Å². The Hall–Kier alpha value is -2.61. The van der Waals surface area contributed by atoms with Crippen molar-refractivity contribution < 1.29 is 13.9 Å². The zero-order chi connectivity index (χ0) is 22.1. The fraction of sp³-hybridized carbons (Fsp3) is 0.583. The maximum atomic E-state index is 14.1. The van der Waals surface area contributed by atoms with Crippen LogP contribution >= 0.6 is 0 Å². The third-order valence-electron chi connectivity index (χ3n) is 7.43. The van der Waals surface area contributed by atoms with E-state index in [1.165, 1.54) is 19.0 Å². The molecular formula is C24H30FN5O2. The summed E-state index contributed by atoms with van der Waals surface area (Å²) in [6.07, 6.45) is 11.5. The molecule has 7 nitrogen and oxygen atoms in total. The van der Waals surface area contributed by atoms with E-state index in [9.17, 15) is 9.18 Å². The van der Waals surface area contributed by atoms with E-state index in [-0.39, 0.29) is 23.2 Å². The molecule has 3 fully saturated rings. The molecule has 0 aromatic carbocycles. The highest BCUT2D eigenvalue weighted by molar-refractivity contribution is 5.69. The number of aromatic nitrogens is 3. The number of ether oxygens (including phenoxy) is 1. The molecule has 2 aromatic rings. The number of amides is 1. The van der Waals surface area contributed by atoms with Gasteiger partial charge in [0.1, 0.15) is 11.5 Å². The number of piperidine rings is 1. The van der Waals surface area contributed by atoms with Gasteiger partial charge in [-0.3, -0.25) is 15.0 Å². The molecule has 170 valence electrons. The second-order valence-corrected chi connectivity index (χ2v) is 9.44. The van der Waals surface area contributed by atoms with Gasteiger partial charge in [-0.05, 0) is 69.7 Å². The van der Waals surface area contributed by atoms with Crippen LogP contribution in [-0.4, -0.2) is 69.7 Å². The van der Waals surface area contributed by atoms with Gasteiger partial charge in [0.2, 0.25) is 0 Å². The third-order valence-corrected chi connectivity index (χ3v) is 7.43. The van der Waals surface area contributed by atoms with E-state index in [0.717, 1.165) is 56.7 Å². The van der Waals surface area contributed by atoms with Gasteiger partial charge in [0, 0.05) is 36.9 Å². The number of hydrogen-bond acceptors (Lipinski definition) is 6. The van der Waals surface area contributed by atoms with E-state index in [1.807, 2.05) is 11.8 Å². The van der Waals surface area contributed by atoms with Gasteiger partial charge in [-0.1, -0.05) is 0 Å². The lowest BCUT2D eigenvalue weighted by Crippen LogP contribution is -2.58. The lowest BCUT2D eigenvalue weighted by Gasteiger charge is -2.48. The minimum atomic E-state index is -0.302. The van der Waals surface area contributed by atoms with Crippen molar-refractivity contribution in [1.82, 2.24) is 24.8 Å². The molecule has 0 N–H and O–H groups in total. The molecule has 1 spiro atoms. The van der Waals surface area contributed by atoms with Gasteiger partial charge >= 0.3 is 6.09 Å². The summed E-state index contributed by atoms with van der Waals surface area (Å²) in [5.74, 6) is -0.0335. The average Bonchev–Trinajstić information content (AvgIpc) is 3.25. The van der Waals surface area contributed by atoms with E-state index in [4.69, 9.17) is 4.74 Å². The van der Waals surface area contributed by atoms with Gasteiger partial charge in [0.15, 0.2) is 0 Å². The van der Waals surface area contributed by atoms with E-state index in [2.05, 4.69) is 19.9 Å². The first-order chi connectivity index (χ1) is 15.6. The van der Waals surface area contributed by atoms with Gasteiger partial charge < -0.3 is 14.5 Å². The van der Waals surface area contributed by atoms with Crippen molar-refractivity contribution in [3.63, 3.8) is 0 Å². The Morgan fingerprint density at radius 1 is 1.19 bits per heavy atom. The van der Waals surface area contributed by atoms with Crippen LogP contribution in [0.5, 0.6) is 0 Å². The van der Waals surface area contributed by atoms with Crippen LogP contribution in [0.2, 0.25) is 0 Å². The molecule has 2 aliphatic heterocycles. The number of hydrogen-bond donors (Lipinski definition) is 0. The van der Waals surface area contributed by atoms with Crippen LogP contribution in [0.3, 0.4) is 0 Å². The van der Waals surface area contributed by atoms with Crippen LogP contribution in [0, 0.1) is 11.2 Å². The summed E-state index contributed by atoms with van der Waals surface area (Å²) in [6, 6.07) is 2.20. The van der Waals surface area contributed by atoms with Crippen molar-refractivity contribution in [3.8, 4) is 11.4 Å². The zero-order valence-corrected chi connectivity index (χ0v) is 18.5. The molecule has 0 bridgehead atoms. The number of pyridine rings is 1. The number of carbonyl (C=O) groups excluding carboxylic acids is 1. The quantitative estimate of drug-likeness (QED) is 0.720. The maximum Gasteiger partial charge on any atom is 0.409 e. The van der Waals surface area contributed by atoms with Crippen molar-refractivity contribution in [2.24, 2.45) is 5.41 Å². The summed E-state index contributed by atoms with van der Waals surface area (Å²) >= 11 is 0. The maximum absolute atomic E-state index is 14.1. The molecule has 2 saturated heterocycles. The summed E-state index contributed by atoms with van der Waals surface area (Å²) in [4.78, 5) is 29.3. The number of rotatable bonds is 4. The first-order valence-electron chi connectivity index (χ1n) is 11.6. The topological polar surface area (TPSA) is 71.5 Å². The van der Waals surface area contributed by atoms with Crippen LogP contribution in [0.4, 0.5) is 9.18 Å². The number of nitrogens with zero attached hydrogens (tertiary/aromatic N) is 5. The summed E-state index contributed by atoms with van der Waals surface area (Å²) in [7, 11) is 0. The van der Waals surface area contributed by atoms with Crippen LogP contribution in [-0.2, 0) is 4.74 Å². The molecule has 2 aromatic heterocycles. The molecule has 5 rings (SSSR count). The molecule has 32 heavy (non-hydrogen) atoms. The SMILES string of the molecule is CCOC(=O)N1CC2(CC[C@@H](N3CCC(c4cc(F)cnc4-c4cnccn4)CC3)C2)C1. The largest absolute Gasteiger partial charge is 0.450 e. The van der Waals surface area contributed by atoms with Crippen LogP contribution < -0.4 is 0 Å². The normalized spacial score (nSPS) is 23.3. The van der Waals surface area contributed by atoms with Crippen LogP contribution in [0.15, 0.2) is 30.9 Å². The fourth-order valence-corrected chi connectivity index (χ4v) is 5.86. The molecule has 1 aliphatic carbocycles. The lowest BCUT2D eigenvalue weighted by molar-refractivity contribution is -0.00360. The lowest BCUT2D eigenvalue weighted by atomic mass is 9.78. The van der Waals surface area contributed by atoms with Crippen molar-refractivity contribution in [2.75, 3.05) is 32.8 Å². The molecule has 1 amide bonds. The first-order valence-corrected chi connectivity index (χ1v) is 11.6. The second-order valence-electron chi connectivity index (χ2n) is 9.44. The van der Waals surface area contributed by atoms with E-state index in [0.29, 0.717) is 18.3 Å². The van der Waals surface area contributed by atoms with E-state index in [1.54, 1.807) is 24.7 Å². The predicted molar refractivity (Wildman–Crippen MR) is 117 cm³/mol. The molecule has 3 aliphatic rings. The van der Waals surface area contributed by atoms with Gasteiger partial charge in [0.25, 0.3) is 0 Å². The smallest absolute Gasteiger partial charge is 0.409 e. The molecule has 0 radical (unpaired) electrons. The minimum absolute atomic E-state index is 0.176. The summed E-state index contributed by atoms with van der Waals surface area (Å²) in [5, 5.41) is 0. The number of halogens is 1. The van der Waals surface area contributed by atoms with Gasteiger partial charge in [0.05, 0.1) is 24.7 Å². The summed E-state index contributed by atoms with van der Waals surface area (Å²) in [5.41, 5.74) is 2.65.